The smallest absolute Gasteiger partial charge is 0.462 e. The number of esters is 4. The summed E-state index contributed by atoms with van der Waals surface area (Å²) in [6, 6.07) is 0. The third-order valence-corrected chi connectivity index (χ3v) is 17.4. The van der Waals surface area contributed by atoms with Crippen LogP contribution in [0.2, 0.25) is 0 Å². The van der Waals surface area contributed by atoms with Crippen LogP contribution in [0.4, 0.5) is 0 Å². The van der Waals surface area contributed by atoms with E-state index < -0.39 is 97.5 Å². The first kappa shape index (κ1) is 84.1. The molecule has 0 aromatic rings. The van der Waals surface area contributed by atoms with E-state index in [1.165, 1.54) is 148 Å². The molecule has 86 heavy (non-hydrogen) atoms. The molecule has 3 N–H and O–H groups in total. The zero-order valence-electron chi connectivity index (χ0n) is 55.6. The second-order valence-corrected chi connectivity index (χ2v) is 28.1. The molecule has 0 heterocycles. The fraction of sp³-hybridized carbons (Fsp3) is 0.940. The van der Waals surface area contributed by atoms with Gasteiger partial charge >= 0.3 is 39.5 Å². The van der Waals surface area contributed by atoms with Crippen molar-refractivity contribution < 1.29 is 80.2 Å². The first-order valence-corrected chi connectivity index (χ1v) is 38.0. The molecular formula is C67H130O17P2. The van der Waals surface area contributed by atoms with E-state index in [1.807, 2.05) is 0 Å². The third-order valence-electron chi connectivity index (χ3n) is 15.5. The maximum Gasteiger partial charge on any atom is 0.472 e. The Morgan fingerprint density at radius 2 is 0.535 bits per heavy atom. The summed E-state index contributed by atoms with van der Waals surface area (Å²) in [5.41, 5.74) is 0. The van der Waals surface area contributed by atoms with Crippen molar-refractivity contribution in [3.8, 4) is 0 Å². The summed E-state index contributed by atoms with van der Waals surface area (Å²) < 4.78 is 68.1. The number of unbranched alkanes of at least 4 members (excludes halogenated alkanes) is 36. The average Bonchev–Trinajstić information content (AvgIpc) is 3.61. The molecule has 0 aromatic heterocycles. The number of ether oxygens (including phenoxy) is 4. The van der Waals surface area contributed by atoms with Crippen molar-refractivity contribution in [2.45, 2.75) is 355 Å². The fourth-order valence-electron chi connectivity index (χ4n) is 10.1. The van der Waals surface area contributed by atoms with Gasteiger partial charge in [-0.25, -0.2) is 9.13 Å². The molecule has 0 saturated carbocycles. The summed E-state index contributed by atoms with van der Waals surface area (Å²) in [6.07, 6.45) is 43.2. The minimum atomic E-state index is -4.95. The minimum Gasteiger partial charge on any atom is -0.462 e. The number of phosphoric ester groups is 2. The first-order chi connectivity index (χ1) is 41.4. The number of aliphatic hydroxyl groups is 1. The highest BCUT2D eigenvalue weighted by atomic mass is 31.2. The van der Waals surface area contributed by atoms with Crippen molar-refractivity contribution in [2.24, 2.45) is 11.8 Å². The molecule has 2 unspecified atom stereocenters. The molecule has 0 bridgehead atoms. The maximum absolute atomic E-state index is 13.0. The van der Waals surface area contributed by atoms with Gasteiger partial charge in [0.25, 0.3) is 0 Å². The lowest BCUT2D eigenvalue weighted by molar-refractivity contribution is -0.161. The number of carbonyl (C=O) groups excluding carboxylic acids is 4. The van der Waals surface area contributed by atoms with E-state index in [2.05, 4.69) is 41.5 Å². The molecule has 0 spiro atoms. The van der Waals surface area contributed by atoms with Gasteiger partial charge in [0.2, 0.25) is 0 Å². The van der Waals surface area contributed by atoms with E-state index in [1.54, 1.807) is 0 Å². The monoisotopic (exact) mass is 1270 g/mol. The molecule has 0 rings (SSSR count). The van der Waals surface area contributed by atoms with Crippen LogP contribution >= 0.6 is 15.6 Å². The molecule has 0 aromatic carbocycles. The van der Waals surface area contributed by atoms with Gasteiger partial charge in [0.05, 0.1) is 26.4 Å². The van der Waals surface area contributed by atoms with Crippen molar-refractivity contribution in [2.75, 3.05) is 39.6 Å². The molecule has 0 amide bonds. The third kappa shape index (κ3) is 60.9. The van der Waals surface area contributed by atoms with E-state index in [9.17, 15) is 43.2 Å². The Morgan fingerprint density at radius 1 is 0.314 bits per heavy atom. The van der Waals surface area contributed by atoms with Gasteiger partial charge in [-0.05, 0) is 37.5 Å². The van der Waals surface area contributed by atoms with Crippen molar-refractivity contribution in [1.29, 1.82) is 0 Å². The SMILES string of the molecule is CCCCCCCCCCCCCCCCC(=O)OC[C@H](COP(=O)(O)OC[C@@H](O)COP(=O)(O)OC[C@@H](COC(=O)CCCCCCCCCC)OC(=O)CCCCCCCCC(C)C)OC(=O)CCCCCCCCCCCCCCC(C)C. The van der Waals surface area contributed by atoms with E-state index in [0.29, 0.717) is 31.6 Å². The molecule has 17 nitrogen and oxygen atoms in total. The van der Waals surface area contributed by atoms with E-state index in [0.717, 1.165) is 102 Å². The summed E-state index contributed by atoms with van der Waals surface area (Å²) in [5.74, 6) is -0.688. The summed E-state index contributed by atoms with van der Waals surface area (Å²) in [5, 5.41) is 10.5. The van der Waals surface area contributed by atoms with Crippen molar-refractivity contribution in [1.82, 2.24) is 0 Å². The van der Waals surface area contributed by atoms with E-state index in [4.69, 9.17) is 37.0 Å². The molecule has 5 atom stereocenters. The lowest BCUT2D eigenvalue weighted by atomic mass is 10.0. The van der Waals surface area contributed by atoms with Crippen LogP contribution in [-0.2, 0) is 65.4 Å². The predicted octanol–water partition coefficient (Wildman–Crippen LogP) is 18.8. The highest BCUT2D eigenvalue weighted by molar-refractivity contribution is 7.47. The van der Waals surface area contributed by atoms with Crippen LogP contribution in [0.3, 0.4) is 0 Å². The Labute approximate surface area is 524 Å². The highest BCUT2D eigenvalue weighted by Gasteiger charge is 2.30. The molecule has 0 aliphatic rings. The number of aliphatic hydroxyl groups excluding tert-OH is 1. The second kappa shape index (κ2) is 59.4. The number of carbonyl (C=O) groups is 4. The molecule has 0 fully saturated rings. The fourth-order valence-corrected chi connectivity index (χ4v) is 11.6. The van der Waals surface area contributed by atoms with Gasteiger partial charge in [-0.1, -0.05) is 286 Å². The van der Waals surface area contributed by atoms with Crippen molar-refractivity contribution >= 4 is 39.5 Å². The van der Waals surface area contributed by atoms with Crippen LogP contribution in [0.5, 0.6) is 0 Å². The Kier molecular flexibility index (Phi) is 58.0. The average molecular weight is 1270 g/mol. The molecule has 0 saturated heterocycles. The first-order valence-electron chi connectivity index (χ1n) is 35.0. The Bertz CT molecular complexity index is 1680. The highest BCUT2D eigenvalue weighted by Crippen LogP contribution is 2.45. The van der Waals surface area contributed by atoms with Gasteiger partial charge in [0.1, 0.15) is 19.3 Å². The quantitative estimate of drug-likeness (QED) is 0.0222. The maximum atomic E-state index is 13.0. The lowest BCUT2D eigenvalue weighted by Crippen LogP contribution is -2.30. The zero-order chi connectivity index (χ0) is 63.6. The molecule has 19 heteroatoms. The number of hydrogen-bond donors (Lipinski definition) is 3. The van der Waals surface area contributed by atoms with E-state index in [-0.39, 0.29) is 25.7 Å². The molecule has 510 valence electrons. The van der Waals surface area contributed by atoms with Crippen molar-refractivity contribution in [3.63, 3.8) is 0 Å². The van der Waals surface area contributed by atoms with Crippen LogP contribution in [-0.4, -0.2) is 96.7 Å². The topological polar surface area (TPSA) is 237 Å². The van der Waals surface area contributed by atoms with Gasteiger partial charge in [-0.3, -0.25) is 37.3 Å². The number of hydrogen-bond acceptors (Lipinski definition) is 15. The Balaban J connectivity index is 5.21. The Hall–Kier alpha value is -1.94. The minimum absolute atomic E-state index is 0.102. The van der Waals surface area contributed by atoms with Gasteiger partial charge in [-0.2, -0.15) is 0 Å². The van der Waals surface area contributed by atoms with Gasteiger partial charge in [0, 0.05) is 25.7 Å². The molecule has 0 radical (unpaired) electrons. The summed E-state index contributed by atoms with van der Waals surface area (Å²) in [7, 11) is -9.89. The van der Waals surface area contributed by atoms with Crippen LogP contribution < -0.4 is 0 Å². The number of rotatable bonds is 66. The van der Waals surface area contributed by atoms with Crippen molar-refractivity contribution in [3.05, 3.63) is 0 Å². The molecule has 0 aliphatic heterocycles. The summed E-state index contributed by atoms with van der Waals surface area (Å²) >= 11 is 0. The van der Waals surface area contributed by atoms with Gasteiger partial charge < -0.3 is 33.8 Å². The summed E-state index contributed by atoms with van der Waals surface area (Å²) in [4.78, 5) is 72.3. The van der Waals surface area contributed by atoms with Crippen LogP contribution in [0.1, 0.15) is 337 Å². The zero-order valence-corrected chi connectivity index (χ0v) is 57.4. The largest absolute Gasteiger partial charge is 0.472 e. The van der Waals surface area contributed by atoms with Gasteiger partial charge in [0.15, 0.2) is 12.2 Å². The summed E-state index contributed by atoms with van der Waals surface area (Å²) in [6.45, 7) is 9.42. The normalized spacial score (nSPS) is 14.2. The lowest BCUT2D eigenvalue weighted by Gasteiger charge is -2.21. The van der Waals surface area contributed by atoms with E-state index >= 15 is 0 Å². The predicted molar refractivity (Wildman–Crippen MR) is 345 cm³/mol. The molecular weight excluding hydrogens is 1140 g/mol. The number of phosphoric acid groups is 2. The molecule has 0 aliphatic carbocycles. The van der Waals surface area contributed by atoms with Crippen LogP contribution in [0.25, 0.3) is 0 Å². The van der Waals surface area contributed by atoms with Crippen LogP contribution in [0.15, 0.2) is 0 Å². The van der Waals surface area contributed by atoms with Crippen LogP contribution in [0, 0.1) is 11.8 Å². The Morgan fingerprint density at radius 3 is 0.791 bits per heavy atom. The second-order valence-electron chi connectivity index (χ2n) is 25.2. The van der Waals surface area contributed by atoms with Gasteiger partial charge in [-0.15, -0.1) is 0 Å². The standard InChI is InChI=1S/C67H130O17P2/c1-7-9-11-13-15-17-18-19-20-24-27-31-38-44-50-65(70)78-55-62(83-66(71)51-45-39-32-28-25-22-21-23-26-29-35-41-47-59(3)4)57-81-85(73,74)79-53-61(68)54-80-86(75,76)82-58-63(56-77-64(69)49-43-37-30-16-14-12-10-8-2)84-67(72)52-46-40-34-33-36-42-48-60(5)6/h59-63,68H,7-58H2,1-6H3,(H,73,74)(H,75,76)/t61-,62-,63-/m1/s1.